The first-order valence-electron chi connectivity index (χ1n) is 10.6. The molecule has 3 rings (SSSR count). The summed E-state index contributed by atoms with van der Waals surface area (Å²) in [6.07, 6.45) is 0.836. The van der Waals surface area contributed by atoms with Crippen molar-refractivity contribution in [2.75, 3.05) is 18.5 Å². The first-order chi connectivity index (χ1) is 14.9. The van der Waals surface area contributed by atoms with E-state index >= 15 is 0 Å². The van der Waals surface area contributed by atoms with Crippen molar-refractivity contribution in [3.63, 3.8) is 0 Å². The van der Waals surface area contributed by atoms with Crippen molar-refractivity contribution in [2.24, 2.45) is 5.92 Å². The van der Waals surface area contributed by atoms with Crippen molar-refractivity contribution in [3.8, 4) is 0 Å². The largest absolute Gasteiger partial charge is 0.455 e. The maximum absolute atomic E-state index is 12.1. The van der Waals surface area contributed by atoms with E-state index in [1.807, 2.05) is 37.4 Å². The van der Waals surface area contributed by atoms with E-state index in [-0.39, 0.29) is 5.91 Å². The summed E-state index contributed by atoms with van der Waals surface area (Å²) in [7, 11) is 2.04. The summed E-state index contributed by atoms with van der Waals surface area (Å²) in [5, 5.41) is 3.58. The number of amides is 1. The van der Waals surface area contributed by atoms with Crippen molar-refractivity contribution in [1.29, 1.82) is 0 Å². The molecule has 1 aromatic carbocycles. The number of hydrogen-bond donors (Lipinski definition) is 1. The molecule has 0 fully saturated rings. The molecule has 2 heterocycles. The monoisotopic (exact) mass is 438 g/mol. The minimum absolute atomic E-state index is 0.181. The Hall–Kier alpha value is -2.80. The third kappa shape index (κ3) is 6.85. The zero-order valence-corrected chi connectivity index (χ0v) is 19.4. The number of nitrogens with zero attached hydrogens (tertiary/aromatic N) is 3. The fourth-order valence-corrected chi connectivity index (χ4v) is 3.70. The first kappa shape index (κ1) is 22.9. The fraction of sp³-hybridized carbons (Fsp3) is 0.375. The highest BCUT2D eigenvalue weighted by Gasteiger charge is 2.13. The Kier molecular flexibility index (Phi) is 8.12. The average Bonchev–Trinajstić information content (AvgIpc) is 3.25. The van der Waals surface area contributed by atoms with Crippen molar-refractivity contribution < 1.29 is 9.21 Å². The average molecular weight is 439 g/mol. The topological polar surface area (TPSA) is 71.3 Å². The lowest BCUT2D eigenvalue weighted by molar-refractivity contribution is 0.0920. The molecule has 0 bridgehead atoms. The number of anilines is 1. The molecule has 0 aliphatic heterocycles. The number of rotatable bonds is 10. The standard InChI is InChI=1S/C24H30N4O2S/c1-5-19-13-22(28(4)15-18-9-7-6-8-10-18)27-24(26-19)31-16-20-11-12-21(30-20)23(29)25-14-17(2)3/h6-13,17H,5,14-16H2,1-4H3,(H,25,29). The van der Waals surface area contributed by atoms with Gasteiger partial charge in [-0.05, 0) is 30.0 Å². The highest BCUT2D eigenvalue weighted by molar-refractivity contribution is 7.98. The van der Waals surface area contributed by atoms with Gasteiger partial charge in [-0.25, -0.2) is 9.97 Å². The van der Waals surface area contributed by atoms with Crippen LogP contribution in [0.1, 0.15) is 48.3 Å². The predicted molar refractivity (Wildman–Crippen MR) is 125 cm³/mol. The van der Waals surface area contributed by atoms with E-state index in [2.05, 4.69) is 48.1 Å². The van der Waals surface area contributed by atoms with Crippen LogP contribution in [0.3, 0.4) is 0 Å². The lowest BCUT2D eigenvalue weighted by Gasteiger charge is -2.19. The van der Waals surface area contributed by atoms with E-state index in [0.29, 0.717) is 29.1 Å². The third-order valence-corrected chi connectivity index (χ3v) is 5.53. The Bertz CT molecular complexity index is 988. The minimum atomic E-state index is -0.181. The number of carbonyl (C=O) groups excluding carboxylic acids is 1. The molecule has 1 N–H and O–H groups in total. The van der Waals surface area contributed by atoms with Gasteiger partial charge in [0.05, 0.1) is 5.75 Å². The predicted octanol–water partition coefficient (Wildman–Crippen LogP) is 4.95. The highest BCUT2D eigenvalue weighted by Crippen LogP contribution is 2.24. The van der Waals surface area contributed by atoms with Gasteiger partial charge in [-0.1, -0.05) is 62.9 Å². The Morgan fingerprint density at radius 2 is 1.94 bits per heavy atom. The normalized spacial score (nSPS) is 11.0. The number of aryl methyl sites for hydroxylation is 1. The van der Waals surface area contributed by atoms with Gasteiger partial charge in [0, 0.05) is 31.9 Å². The van der Waals surface area contributed by atoms with Crippen LogP contribution >= 0.6 is 11.8 Å². The summed E-state index contributed by atoms with van der Waals surface area (Å²) in [4.78, 5) is 23.7. The molecule has 0 radical (unpaired) electrons. The Labute approximate surface area is 188 Å². The van der Waals surface area contributed by atoms with Gasteiger partial charge < -0.3 is 14.6 Å². The third-order valence-electron chi connectivity index (χ3n) is 4.66. The molecule has 7 heteroatoms. The van der Waals surface area contributed by atoms with Crippen LogP contribution < -0.4 is 10.2 Å². The van der Waals surface area contributed by atoms with Crippen molar-refractivity contribution in [3.05, 3.63) is 71.3 Å². The van der Waals surface area contributed by atoms with Gasteiger partial charge >= 0.3 is 0 Å². The molecule has 6 nitrogen and oxygen atoms in total. The highest BCUT2D eigenvalue weighted by atomic mass is 32.2. The maximum atomic E-state index is 12.1. The summed E-state index contributed by atoms with van der Waals surface area (Å²) in [5.74, 6) is 2.73. The van der Waals surface area contributed by atoms with Crippen LogP contribution in [-0.4, -0.2) is 29.5 Å². The van der Waals surface area contributed by atoms with Gasteiger partial charge in [-0.2, -0.15) is 0 Å². The van der Waals surface area contributed by atoms with E-state index < -0.39 is 0 Å². The van der Waals surface area contributed by atoms with Crippen molar-refractivity contribution in [1.82, 2.24) is 15.3 Å². The Morgan fingerprint density at radius 1 is 1.16 bits per heavy atom. The number of nitrogens with one attached hydrogen (secondary N) is 1. The molecule has 3 aromatic rings. The summed E-state index contributed by atoms with van der Waals surface area (Å²) < 4.78 is 5.71. The molecule has 0 atom stereocenters. The summed E-state index contributed by atoms with van der Waals surface area (Å²) in [6, 6.07) is 15.9. The molecule has 0 aliphatic carbocycles. The fourth-order valence-electron chi connectivity index (χ4n) is 2.94. The van der Waals surface area contributed by atoms with Crippen LogP contribution in [0.4, 0.5) is 5.82 Å². The van der Waals surface area contributed by atoms with Crippen LogP contribution in [0, 0.1) is 5.92 Å². The molecule has 0 spiro atoms. The van der Waals surface area contributed by atoms with Gasteiger partial charge in [0.15, 0.2) is 10.9 Å². The van der Waals surface area contributed by atoms with Gasteiger partial charge in [0.25, 0.3) is 5.91 Å². The number of carbonyl (C=O) groups is 1. The molecular weight excluding hydrogens is 408 g/mol. The van der Waals surface area contributed by atoms with Crippen LogP contribution in [0.25, 0.3) is 0 Å². The van der Waals surface area contributed by atoms with Crippen LogP contribution in [0.2, 0.25) is 0 Å². The number of furan rings is 1. The van der Waals surface area contributed by atoms with E-state index in [4.69, 9.17) is 9.40 Å². The number of aromatic nitrogens is 2. The number of thioether (sulfide) groups is 1. The molecule has 0 aliphatic rings. The molecule has 31 heavy (non-hydrogen) atoms. The molecule has 0 saturated heterocycles. The quantitative estimate of drug-likeness (QED) is 0.357. The van der Waals surface area contributed by atoms with Crippen LogP contribution in [0.15, 0.2) is 58.1 Å². The molecule has 1 amide bonds. The van der Waals surface area contributed by atoms with Gasteiger partial charge in [0.1, 0.15) is 11.6 Å². The summed E-state index contributed by atoms with van der Waals surface area (Å²) >= 11 is 1.51. The second kappa shape index (κ2) is 11.0. The summed E-state index contributed by atoms with van der Waals surface area (Å²) in [5.41, 5.74) is 2.23. The molecule has 0 saturated carbocycles. The van der Waals surface area contributed by atoms with Crippen LogP contribution in [0.5, 0.6) is 0 Å². The molecule has 164 valence electrons. The van der Waals surface area contributed by atoms with Gasteiger partial charge in [-0.3, -0.25) is 4.79 Å². The zero-order chi connectivity index (χ0) is 22.2. The van der Waals surface area contributed by atoms with E-state index in [1.165, 1.54) is 17.3 Å². The number of benzene rings is 1. The first-order valence-corrected chi connectivity index (χ1v) is 11.6. The minimum Gasteiger partial charge on any atom is -0.455 e. The lowest BCUT2D eigenvalue weighted by Crippen LogP contribution is -2.26. The van der Waals surface area contributed by atoms with Crippen molar-refractivity contribution >= 4 is 23.5 Å². The molecule has 2 aromatic heterocycles. The van der Waals surface area contributed by atoms with Gasteiger partial charge in [-0.15, -0.1) is 0 Å². The summed E-state index contributed by atoms with van der Waals surface area (Å²) in [6.45, 7) is 7.60. The lowest BCUT2D eigenvalue weighted by atomic mass is 10.2. The van der Waals surface area contributed by atoms with E-state index in [9.17, 15) is 4.79 Å². The molecule has 0 unspecified atom stereocenters. The SMILES string of the molecule is CCc1cc(N(C)Cc2ccccc2)nc(SCc2ccc(C(=O)NCC(C)C)o2)n1. The molecular formula is C24H30N4O2S. The Balaban J connectivity index is 1.65. The smallest absolute Gasteiger partial charge is 0.287 e. The maximum Gasteiger partial charge on any atom is 0.287 e. The van der Waals surface area contributed by atoms with E-state index in [0.717, 1.165) is 30.2 Å². The zero-order valence-electron chi connectivity index (χ0n) is 18.6. The second-order valence-electron chi connectivity index (χ2n) is 7.85. The van der Waals surface area contributed by atoms with Crippen LogP contribution in [-0.2, 0) is 18.7 Å². The number of hydrogen-bond acceptors (Lipinski definition) is 6. The van der Waals surface area contributed by atoms with Gasteiger partial charge in [0.2, 0.25) is 0 Å². The second-order valence-corrected chi connectivity index (χ2v) is 8.80. The Morgan fingerprint density at radius 3 is 2.65 bits per heavy atom. The van der Waals surface area contributed by atoms with Crippen molar-refractivity contribution in [2.45, 2.75) is 44.6 Å². The van der Waals surface area contributed by atoms with E-state index in [1.54, 1.807) is 6.07 Å².